The van der Waals surface area contributed by atoms with E-state index in [-0.39, 0.29) is 17.8 Å². The fourth-order valence-corrected chi connectivity index (χ4v) is 3.76. The minimum atomic E-state index is -0.486. The number of esters is 1. The van der Waals surface area contributed by atoms with E-state index >= 15 is 0 Å². The van der Waals surface area contributed by atoms with Gasteiger partial charge in [-0.05, 0) is 64.4 Å². The van der Waals surface area contributed by atoms with Crippen molar-refractivity contribution in [2.24, 2.45) is 11.8 Å². The first-order valence-corrected chi connectivity index (χ1v) is 11.4. The van der Waals surface area contributed by atoms with E-state index in [9.17, 15) is 15.0 Å². The van der Waals surface area contributed by atoms with Crippen LogP contribution in [0.15, 0.2) is 66.8 Å². The molecule has 0 aromatic heterocycles. The minimum absolute atomic E-state index is 0.119. The first kappa shape index (κ1) is 25.1. The molecule has 0 saturated carbocycles. The van der Waals surface area contributed by atoms with Crippen LogP contribution in [0.25, 0.3) is 0 Å². The number of aryl methyl sites for hydroxylation is 1. The number of benzene rings is 1. The van der Waals surface area contributed by atoms with Gasteiger partial charge in [0.25, 0.3) is 0 Å². The van der Waals surface area contributed by atoms with Crippen LogP contribution in [0.3, 0.4) is 0 Å². The molecule has 4 heteroatoms. The summed E-state index contributed by atoms with van der Waals surface area (Å²) in [5, 5.41) is 20.6. The standard InChI is InChI=1S/C27H38O4/c1-27(2,3)31-26(30)14-10-5-4-9-13-24-22(17-20-25(24)29)16-19-23(28)18-15-21-11-7-6-8-12-21/h4-8,11-12,16-17,19-20,22-25,28-29H,9-10,13-15,18H2,1-3H3. The summed E-state index contributed by atoms with van der Waals surface area (Å²) in [5.74, 6) is 0.0770. The maximum absolute atomic E-state index is 11.7. The van der Waals surface area contributed by atoms with Gasteiger partial charge in [-0.3, -0.25) is 4.79 Å². The number of rotatable bonds is 11. The summed E-state index contributed by atoms with van der Waals surface area (Å²) >= 11 is 0. The van der Waals surface area contributed by atoms with Gasteiger partial charge in [0.15, 0.2) is 0 Å². The maximum atomic E-state index is 11.7. The second kappa shape index (κ2) is 12.6. The van der Waals surface area contributed by atoms with Gasteiger partial charge in [-0.15, -0.1) is 0 Å². The van der Waals surface area contributed by atoms with Crippen molar-refractivity contribution in [3.05, 3.63) is 72.4 Å². The lowest BCUT2D eigenvalue weighted by Gasteiger charge is -2.19. The molecule has 1 aromatic carbocycles. The molecule has 1 aliphatic carbocycles. The molecule has 1 aromatic rings. The van der Waals surface area contributed by atoms with Crippen molar-refractivity contribution in [1.82, 2.24) is 0 Å². The number of hydrogen-bond acceptors (Lipinski definition) is 4. The van der Waals surface area contributed by atoms with Gasteiger partial charge in [-0.1, -0.05) is 66.8 Å². The van der Waals surface area contributed by atoms with Gasteiger partial charge in [0, 0.05) is 12.3 Å². The lowest BCUT2D eigenvalue weighted by Crippen LogP contribution is -2.23. The monoisotopic (exact) mass is 426 g/mol. The Morgan fingerprint density at radius 1 is 1.13 bits per heavy atom. The van der Waals surface area contributed by atoms with E-state index in [1.54, 1.807) is 0 Å². The van der Waals surface area contributed by atoms with Gasteiger partial charge in [0.2, 0.25) is 0 Å². The fourth-order valence-electron chi connectivity index (χ4n) is 3.76. The number of allylic oxidation sites excluding steroid dienone is 4. The molecule has 0 heterocycles. The van der Waals surface area contributed by atoms with Crippen LogP contribution in [0.4, 0.5) is 0 Å². The predicted molar refractivity (Wildman–Crippen MR) is 125 cm³/mol. The van der Waals surface area contributed by atoms with Crippen LogP contribution in [0.1, 0.15) is 58.4 Å². The first-order chi connectivity index (χ1) is 14.7. The van der Waals surface area contributed by atoms with Gasteiger partial charge < -0.3 is 14.9 Å². The lowest BCUT2D eigenvalue weighted by molar-refractivity contribution is -0.154. The summed E-state index contributed by atoms with van der Waals surface area (Å²) < 4.78 is 5.30. The van der Waals surface area contributed by atoms with Crippen LogP contribution in [0.2, 0.25) is 0 Å². The number of aliphatic hydroxyl groups is 2. The fraction of sp³-hybridized carbons (Fsp3) is 0.519. The Labute approximate surface area is 187 Å². The highest BCUT2D eigenvalue weighted by Gasteiger charge is 2.27. The topological polar surface area (TPSA) is 66.8 Å². The molecular weight excluding hydrogens is 388 g/mol. The second-order valence-electron chi connectivity index (χ2n) is 9.27. The molecule has 0 fully saturated rings. The van der Waals surface area contributed by atoms with Crippen LogP contribution in [-0.4, -0.2) is 34.0 Å². The van der Waals surface area contributed by atoms with E-state index in [4.69, 9.17) is 4.74 Å². The van der Waals surface area contributed by atoms with Crippen molar-refractivity contribution in [2.75, 3.05) is 0 Å². The van der Waals surface area contributed by atoms with Gasteiger partial charge in [0.1, 0.15) is 5.60 Å². The Morgan fingerprint density at radius 2 is 1.84 bits per heavy atom. The summed E-state index contributed by atoms with van der Waals surface area (Å²) in [7, 11) is 0. The van der Waals surface area contributed by atoms with Crippen molar-refractivity contribution in [1.29, 1.82) is 0 Å². The molecule has 0 spiro atoms. The van der Waals surface area contributed by atoms with E-state index in [0.717, 1.165) is 19.3 Å². The lowest BCUT2D eigenvalue weighted by atomic mass is 9.88. The highest BCUT2D eigenvalue weighted by Crippen LogP contribution is 2.31. The van der Waals surface area contributed by atoms with E-state index in [1.165, 1.54) is 5.56 Å². The van der Waals surface area contributed by atoms with Gasteiger partial charge in [0.05, 0.1) is 12.2 Å². The Bertz CT molecular complexity index is 742. The smallest absolute Gasteiger partial charge is 0.306 e. The molecule has 4 unspecified atom stereocenters. The van der Waals surface area contributed by atoms with E-state index in [2.05, 4.69) is 18.2 Å². The van der Waals surface area contributed by atoms with Gasteiger partial charge >= 0.3 is 5.97 Å². The van der Waals surface area contributed by atoms with Gasteiger partial charge in [-0.2, -0.15) is 0 Å². The molecular formula is C27H38O4. The van der Waals surface area contributed by atoms with Crippen LogP contribution >= 0.6 is 0 Å². The summed E-state index contributed by atoms with van der Waals surface area (Å²) in [6, 6.07) is 10.2. The number of aliphatic hydroxyl groups excluding tert-OH is 2. The summed E-state index contributed by atoms with van der Waals surface area (Å²) in [4.78, 5) is 11.7. The molecule has 0 aliphatic heterocycles. The molecule has 31 heavy (non-hydrogen) atoms. The van der Waals surface area contributed by atoms with Crippen molar-refractivity contribution >= 4 is 5.97 Å². The van der Waals surface area contributed by atoms with E-state index < -0.39 is 17.8 Å². The molecule has 2 rings (SSSR count). The van der Waals surface area contributed by atoms with Gasteiger partial charge in [-0.25, -0.2) is 0 Å². The molecule has 2 N–H and O–H groups in total. The van der Waals surface area contributed by atoms with Crippen molar-refractivity contribution < 1.29 is 19.7 Å². The number of carbonyl (C=O) groups is 1. The molecule has 0 saturated heterocycles. The third-order valence-electron chi connectivity index (χ3n) is 5.36. The molecule has 1 aliphatic rings. The number of ether oxygens (including phenoxy) is 1. The van der Waals surface area contributed by atoms with Crippen molar-refractivity contribution in [2.45, 2.75) is 77.1 Å². The van der Waals surface area contributed by atoms with Crippen LogP contribution in [-0.2, 0) is 16.0 Å². The minimum Gasteiger partial charge on any atom is -0.460 e. The van der Waals surface area contributed by atoms with Crippen LogP contribution < -0.4 is 0 Å². The molecule has 0 bridgehead atoms. The average molecular weight is 427 g/mol. The normalized spacial score (nSPS) is 22.4. The second-order valence-corrected chi connectivity index (χ2v) is 9.27. The van der Waals surface area contributed by atoms with E-state index in [0.29, 0.717) is 19.3 Å². The Hall–Kier alpha value is -2.17. The summed E-state index contributed by atoms with van der Waals surface area (Å²) in [6.07, 6.45) is 15.2. The first-order valence-electron chi connectivity index (χ1n) is 11.4. The Balaban J connectivity index is 1.70. The van der Waals surface area contributed by atoms with Crippen LogP contribution in [0.5, 0.6) is 0 Å². The summed E-state index contributed by atoms with van der Waals surface area (Å²) in [6.45, 7) is 5.61. The zero-order chi connectivity index (χ0) is 22.7. The predicted octanol–water partition coefficient (Wildman–Crippen LogP) is 5.16. The SMILES string of the molecule is CC(C)(C)OC(=O)CCC=CCCC1C(O)C=CC1C=CC(O)CCc1ccccc1. The summed E-state index contributed by atoms with van der Waals surface area (Å²) in [5.41, 5.74) is 0.784. The van der Waals surface area contributed by atoms with Crippen molar-refractivity contribution in [3.63, 3.8) is 0 Å². The molecule has 0 radical (unpaired) electrons. The number of carbonyl (C=O) groups excluding carboxylic acids is 1. The number of hydrogen-bond donors (Lipinski definition) is 2. The highest BCUT2D eigenvalue weighted by atomic mass is 16.6. The van der Waals surface area contributed by atoms with Crippen molar-refractivity contribution in [3.8, 4) is 0 Å². The average Bonchev–Trinajstić information content (AvgIpc) is 3.06. The van der Waals surface area contributed by atoms with E-state index in [1.807, 2.05) is 69.4 Å². The third-order valence-corrected chi connectivity index (χ3v) is 5.36. The highest BCUT2D eigenvalue weighted by molar-refractivity contribution is 5.69. The maximum Gasteiger partial charge on any atom is 0.306 e. The zero-order valence-electron chi connectivity index (χ0n) is 19.1. The molecule has 170 valence electrons. The Morgan fingerprint density at radius 3 is 2.55 bits per heavy atom. The zero-order valence-corrected chi connectivity index (χ0v) is 19.1. The molecule has 4 atom stereocenters. The Kier molecular flexibility index (Phi) is 10.2. The third kappa shape index (κ3) is 10.1. The molecule has 0 amide bonds. The largest absolute Gasteiger partial charge is 0.460 e. The van der Waals surface area contributed by atoms with Crippen LogP contribution in [0, 0.1) is 11.8 Å². The quantitative estimate of drug-likeness (QED) is 0.379. The molecule has 4 nitrogen and oxygen atoms in total.